The monoisotopic (exact) mass is 186 g/mol. The van der Waals surface area contributed by atoms with Gasteiger partial charge in [0, 0.05) is 12.5 Å². The smallest absolute Gasteiger partial charge is 0.309 e. The van der Waals surface area contributed by atoms with E-state index in [0.717, 1.165) is 25.9 Å². The summed E-state index contributed by atoms with van der Waals surface area (Å²) >= 11 is 0. The van der Waals surface area contributed by atoms with Gasteiger partial charge in [-0.05, 0) is 19.8 Å². The molecule has 1 fully saturated rings. The number of ether oxygens (including phenoxy) is 1. The molecule has 1 aliphatic heterocycles. The van der Waals surface area contributed by atoms with Crippen LogP contribution in [0.15, 0.2) is 0 Å². The Morgan fingerprint density at radius 2 is 2.38 bits per heavy atom. The van der Waals surface area contributed by atoms with Crippen LogP contribution >= 0.6 is 0 Å². The molecule has 0 aromatic carbocycles. The van der Waals surface area contributed by atoms with Gasteiger partial charge in [-0.15, -0.1) is 0 Å². The van der Waals surface area contributed by atoms with Gasteiger partial charge in [-0.25, -0.2) is 0 Å². The molecule has 0 radical (unpaired) electrons. The van der Waals surface area contributed by atoms with E-state index in [1.165, 1.54) is 0 Å². The van der Waals surface area contributed by atoms with Crippen molar-refractivity contribution >= 4 is 5.97 Å². The van der Waals surface area contributed by atoms with Crippen molar-refractivity contribution in [2.75, 3.05) is 13.2 Å². The maximum absolute atomic E-state index is 11.1. The summed E-state index contributed by atoms with van der Waals surface area (Å²) in [6.07, 6.45) is 2.55. The molecule has 0 bridgehead atoms. The summed E-state index contributed by atoms with van der Waals surface area (Å²) < 4.78 is 5.24. The Labute approximate surface area is 79.1 Å². The molecule has 0 saturated carbocycles. The maximum atomic E-state index is 11.1. The fourth-order valence-electron chi connectivity index (χ4n) is 2.04. The van der Waals surface area contributed by atoms with Gasteiger partial charge in [0.1, 0.15) is 0 Å². The first kappa shape index (κ1) is 10.5. The SMILES string of the molecule is CCCC(C)(C(=O)O)C1CCOC1. The molecule has 1 aliphatic rings. The predicted octanol–water partition coefficient (Wildman–Crippen LogP) is 1.91. The highest BCUT2D eigenvalue weighted by molar-refractivity contribution is 5.74. The first-order valence-electron chi connectivity index (χ1n) is 4.92. The highest BCUT2D eigenvalue weighted by atomic mass is 16.5. The summed E-state index contributed by atoms with van der Waals surface area (Å²) in [5.74, 6) is -0.477. The van der Waals surface area contributed by atoms with Gasteiger partial charge in [-0.2, -0.15) is 0 Å². The van der Waals surface area contributed by atoms with E-state index in [1.807, 2.05) is 13.8 Å². The van der Waals surface area contributed by atoms with Crippen LogP contribution in [0.2, 0.25) is 0 Å². The summed E-state index contributed by atoms with van der Waals surface area (Å²) in [5, 5.41) is 9.17. The van der Waals surface area contributed by atoms with Gasteiger partial charge in [0.05, 0.1) is 12.0 Å². The third-order valence-corrected chi connectivity index (χ3v) is 3.09. The maximum Gasteiger partial charge on any atom is 0.309 e. The Hall–Kier alpha value is -0.570. The predicted molar refractivity (Wildman–Crippen MR) is 49.6 cm³/mol. The number of carbonyl (C=O) groups is 1. The molecule has 1 rings (SSSR count). The van der Waals surface area contributed by atoms with Crippen molar-refractivity contribution in [1.82, 2.24) is 0 Å². The Bertz CT molecular complexity index is 185. The number of carboxylic acid groups (broad SMARTS) is 1. The number of rotatable bonds is 4. The van der Waals surface area contributed by atoms with Crippen molar-refractivity contribution in [3.63, 3.8) is 0 Å². The molecule has 2 atom stereocenters. The number of hydrogen-bond donors (Lipinski definition) is 1. The minimum absolute atomic E-state index is 0.199. The van der Waals surface area contributed by atoms with Crippen LogP contribution in [0.4, 0.5) is 0 Å². The molecule has 1 saturated heterocycles. The molecule has 3 nitrogen and oxygen atoms in total. The van der Waals surface area contributed by atoms with Crippen molar-refractivity contribution in [3.05, 3.63) is 0 Å². The van der Waals surface area contributed by atoms with Gasteiger partial charge < -0.3 is 9.84 Å². The molecule has 0 aromatic heterocycles. The zero-order valence-electron chi connectivity index (χ0n) is 8.38. The lowest BCUT2D eigenvalue weighted by Gasteiger charge is -2.29. The highest BCUT2D eigenvalue weighted by Crippen LogP contribution is 2.37. The highest BCUT2D eigenvalue weighted by Gasteiger charge is 2.42. The van der Waals surface area contributed by atoms with Crippen LogP contribution in [-0.4, -0.2) is 24.3 Å². The van der Waals surface area contributed by atoms with Gasteiger partial charge in [-0.1, -0.05) is 13.3 Å². The third kappa shape index (κ3) is 2.02. The van der Waals surface area contributed by atoms with Crippen LogP contribution in [0.3, 0.4) is 0 Å². The van der Waals surface area contributed by atoms with Crippen LogP contribution in [0.1, 0.15) is 33.1 Å². The molecule has 2 unspecified atom stereocenters. The molecule has 76 valence electrons. The second-order valence-electron chi connectivity index (χ2n) is 4.03. The average Bonchev–Trinajstić information content (AvgIpc) is 2.56. The van der Waals surface area contributed by atoms with E-state index in [1.54, 1.807) is 0 Å². The molecule has 13 heavy (non-hydrogen) atoms. The van der Waals surface area contributed by atoms with Crippen molar-refractivity contribution in [2.24, 2.45) is 11.3 Å². The minimum atomic E-state index is -0.676. The molecule has 0 aliphatic carbocycles. The van der Waals surface area contributed by atoms with Crippen LogP contribution < -0.4 is 0 Å². The third-order valence-electron chi connectivity index (χ3n) is 3.09. The molecule has 3 heteroatoms. The second kappa shape index (κ2) is 4.09. The largest absolute Gasteiger partial charge is 0.481 e. The molecule has 1 heterocycles. The summed E-state index contributed by atoms with van der Waals surface area (Å²) in [7, 11) is 0. The van der Waals surface area contributed by atoms with Crippen LogP contribution in [0.5, 0.6) is 0 Å². The number of carboxylic acids is 1. The van der Waals surface area contributed by atoms with Gasteiger partial charge in [-0.3, -0.25) is 4.79 Å². The fraction of sp³-hybridized carbons (Fsp3) is 0.900. The lowest BCUT2D eigenvalue weighted by Crippen LogP contribution is -2.36. The standard InChI is InChI=1S/C10H18O3/c1-3-5-10(2,9(11)12)8-4-6-13-7-8/h8H,3-7H2,1-2H3,(H,11,12). The lowest BCUT2D eigenvalue weighted by atomic mass is 9.73. The summed E-state index contributed by atoms with van der Waals surface area (Å²) in [6, 6.07) is 0. The topological polar surface area (TPSA) is 46.5 Å². The van der Waals surface area contributed by atoms with Crippen LogP contribution in [-0.2, 0) is 9.53 Å². The Kier molecular flexibility index (Phi) is 3.31. The summed E-state index contributed by atoms with van der Waals surface area (Å²) in [5.41, 5.74) is -0.578. The second-order valence-corrected chi connectivity index (χ2v) is 4.03. The molecule has 0 amide bonds. The quantitative estimate of drug-likeness (QED) is 0.729. The van der Waals surface area contributed by atoms with E-state index >= 15 is 0 Å². The lowest BCUT2D eigenvalue weighted by molar-refractivity contribution is -0.152. The van der Waals surface area contributed by atoms with E-state index < -0.39 is 11.4 Å². The zero-order chi connectivity index (χ0) is 9.90. The van der Waals surface area contributed by atoms with Crippen molar-refractivity contribution in [2.45, 2.75) is 33.1 Å². The van der Waals surface area contributed by atoms with Crippen LogP contribution in [0.25, 0.3) is 0 Å². The van der Waals surface area contributed by atoms with Gasteiger partial charge in [0.2, 0.25) is 0 Å². The normalized spacial score (nSPS) is 27.1. The van der Waals surface area contributed by atoms with E-state index in [-0.39, 0.29) is 5.92 Å². The van der Waals surface area contributed by atoms with Crippen molar-refractivity contribution < 1.29 is 14.6 Å². The van der Waals surface area contributed by atoms with E-state index in [4.69, 9.17) is 9.84 Å². The molecular weight excluding hydrogens is 168 g/mol. The molecule has 0 aromatic rings. The Morgan fingerprint density at radius 1 is 1.69 bits per heavy atom. The Morgan fingerprint density at radius 3 is 2.77 bits per heavy atom. The first-order valence-corrected chi connectivity index (χ1v) is 4.92. The first-order chi connectivity index (χ1) is 6.11. The van der Waals surface area contributed by atoms with E-state index in [2.05, 4.69) is 0 Å². The molecular formula is C10H18O3. The van der Waals surface area contributed by atoms with Gasteiger partial charge in [0.25, 0.3) is 0 Å². The van der Waals surface area contributed by atoms with Crippen LogP contribution in [0, 0.1) is 11.3 Å². The molecule has 0 spiro atoms. The fourth-order valence-corrected chi connectivity index (χ4v) is 2.04. The number of hydrogen-bond acceptors (Lipinski definition) is 2. The van der Waals surface area contributed by atoms with Gasteiger partial charge >= 0.3 is 5.97 Å². The van der Waals surface area contributed by atoms with Crippen molar-refractivity contribution in [3.8, 4) is 0 Å². The molecule has 1 N–H and O–H groups in total. The van der Waals surface area contributed by atoms with Crippen molar-refractivity contribution in [1.29, 1.82) is 0 Å². The van der Waals surface area contributed by atoms with Gasteiger partial charge in [0.15, 0.2) is 0 Å². The minimum Gasteiger partial charge on any atom is -0.481 e. The van der Waals surface area contributed by atoms with E-state index in [9.17, 15) is 4.79 Å². The zero-order valence-corrected chi connectivity index (χ0v) is 8.38. The summed E-state index contributed by atoms with van der Waals surface area (Å²) in [4.78, 5) is 11.1. The Balaban J connectivity index is 2.69. The summed E-state index contributed by atoms with van der Waals surface area (Å²) in [6.45, 7) is 5.20. The number of aliphatic carboxylic acids is 1. The average molecular weight is 186 g/mol. The van der Waals surface area contributed by atoms with E-state index in [0.29, 0.717) is 6.61 Å².